The third kappa shape index (κ3) is 3.14. The Balaban J connectivity index is 1.61. The van der Waals surface area contributed by atoms with E-state index in [1.54, 1.807) is 18.2 Å². The Morgan fingerprint density at radius 2 is 2.10 bits per heavy atom. The van der Waals surface area contributed by atoms with Crippen molar-refractivity contribution in [2.75, 3.05) is 5.32 Å². The van der Waals surface area contributed by atoms with E-state index < -0.39 is 0 Å². The van der Waals surface area contributed by atoms with Gasteiger partial charge in [0, 0.05) is 17.7 Å². The van der Waals surface area contributed by atoms with Gasteiger partial charge in [0.2, 0.25) is 5.91 Å². The first-order valence-corrected chi connectivity index (χ1v) is 7.16. The number of hydrogen-bond donors (Lipinski definition) is 2. The molecule has 1 aromatic carbocycles. The summed E-state index contributed by atoms with van der Waals surface area (Å²) < 4.78 is 0. The molecule has 0 aliphatic heterocycles. The second-order valence-corrected chi connectivity index (χ2v) is 5.77. The molecule has 104 valence electrons. The molecule has 1 amide bonds. The summed E-state index contributed by atoms with van der Waals surface area (Å²) >= 11 is 11.8. The van der Waals surface area contributed by atoms with Crippen LogP contribution in [0.15, 0.2) is 24.3 Å². The maximum Gasteiger partial charge on any atom is 0.229 e. The fourth-order valence-electron chi connectivity index (χ4n) is 2.03. The second-order valence-electron chi connectivity index (χ2n) is 4.96. The van der Waals surface area contributed by atoms with E-state index in [0.717, 1.165) is 11.3 Å². The van der Waals surface area contributed by atoms with Crippen molar-refractivity contribution in [3.8, 4) is 0 Å². The van der Waals surface area contributed by atoms with Crippen LogP contribution in [0.25, 0.3) is 0 Å². The number of nitrogens with zero attached hydrogens (tertiary/aromatic N) is 1. The number of nitrogens with one attached hydrogen (secondary N) is 2. The summed E-state index contributed by atoms with van der Waals surface area (Å²) in [6.07, 6.45) is 2.63. The molecule has 1 heterocycles. The molecule has 1 aromatic heterocycles. The van der Waals surface area contributed by atoms with Gasteiger partial charge in [-0.25, -0.2) is 0 Å². The Labute approximate surface area is 126 Å². The van der Waals surface area contributed by atoms with Gasteiger partial charge >= 0.3 is 0 Å². The fourth-order valence-corrected chi connectivity index (χ4v) is 2.35. The molecule has 0 radical (unpaired) electrons. The standard InChI is InChI=1S/C14H13Cl2N3O/c15-10-4-1-8(5-11(10)16)6-14(20)17-13-7-12(18-19-13)9-2-3-9/h1,4-5,7,9H,2-3,6H2,(H2,17,18,19,20). The van der Waals surface area contributed by atoms with E-state index in [4.69, 9.17) is 23.2 Å². The lowest BCUT2D eigenvalue weighted by molar-refractivity contribution is -0.115. The number of halogens is 2. The average molecular weight is 310 g/mol. The zero-order chi connectivity index (χ0) is 14.1. The van der Waals surface area contributed by atoms with Gasteiger partial charge in [-0.1, -0.05) is 29.3 Å². The molecule has 1 aliphatic carbocycles. The van der Waals surface area contributed by atoms with Crippen LogP contribution in [0, 0.1) is 0 Å². The Kier molecular flexibility index (Phi) is 3.68. The lowest BCUT2D eigenvalue weighted by atomic mass is 10.1. The summed E-state index contributed by atoms with van der Waals surface area (Å²) in [7, 11) is 0. The normalized spacial score (nSPS) is 14.3. The fraction of sp³-hybridized carbons (Fsp3) is 0.286. The largest absolute Gasteiger partial charge is 0.309 e. The van der Waals surface area contributed by atoms with Gasteiger partial charge in [-0.2, -0.15) is 5.10 Å². The van der Waals surface area contributed by atoms with Crippen LogP contribution < -0.4 is 5.32 Å². The van der Waals surface area contributed by atoms with Crippen LogP contribution in [-0.2, 0) is 11.2 Å². The molecule has 0 unspecified atom stereocenters. The van der Waals surface area contributed by atoms with E-state index >= 15 is 0 Å². The number of hydrogen-bond acceptors (Lipinski definition) is 2. The van der Waals surface area contributed by atoms with Gasteiger partial charge in [-0.15, -0.1) is 0 Å². The molecule has 1 fully saturated rings. The Bertz CT molecular complexity index is 650. The lowest BCUT2D eigenvalue weighted by Crippen LogP contribution is -2.14. The summed E-state index contributed by atoms with van der Waals surface area (Å²) in [5.41, 5.74) is 1.91. The smallest absolute Gasteiger partial charge is 0.229 e. The number of H-pyrrole nitrogens is 1. The van der Waals surface area contributed by atoms with Crippen molar-refractivity contribution in [3.63, 3.8) is 0 Å². The first kappa shape index (κ1) is 13.5. The number of carbonyl (C=O) groups is 1. The minimum Gasteiger partial charge on any atom is -0.309 e. The van der Waals surface area contributed by atoms with Crippen LogP contribution in [0.5, 0.6) is 0 Å². The predicted molar refractivity (Wildman–Crippen MR) is 79.4 cm³/mol. The molecule has 3 rings (SSSR count). The average Bonchev–Trinajstić information content (AvgIpc) is 3.15. The van der Waals surface area contributed by atoms with Crippen LogP contribution in [0.2, 0.25) is 10.0 Å². The molecule has 4 nitrogen and oxygen atoms in total. The molecule has 6 heteroatoms. The van der Waals surface area contributed by atoms with Gasteiger partial charge < -0.3 is 5.32 Å². The molecule has 0 atom stereocenters. The number of aromatic nitrogens is 2. The zero-order valence-corrected chi connectivity index (χ0v) is 12.1. The summed E-state index contributed by atoms with van der Waals surface area (Å²) in [5, 5.41) is 10.7. The minimum absolute atomic E-state index is 0.128. The highest BCUT2D eigenvalue weighted by Crippen LogP contribution is 2.39. The zero-order valence-electron chi connectivity index (χ0n) is 10.6. The maximum absolute atomic E-state index is 11.9. The van der Waals surface area contributed by atoms with Crippen molar-refractivity contribution in [2.45, 2.75) is 25.2 Å². The molecule has 0 saturated heterocycles. The van der Waals surface area contributed by atoms with Crippen LogP contribution >= 0.6 is 23.2 Å². The van der Waals surface area contributed by atoms with E-state index in [-0.39, 0.29) is 12.3 Å². The number of anilines is 1. The Morgan fingerprint density at radius 3 is 2.80 bits per heavy atom. The molecular formula is C14H13Cl2N3O. The Morgan fingerprint density at radius 1 is 1.30 bits per heavy atom. The second kappa shape index (κ2) is 5.46. The van der Waals surface area contributed by atoms with Crippen molar-refractivity contribution >= 4 is 34.9 Å². The Hall–Kier alpha value is -1.52. The highest BCUT2D eigenvalue weighted by Gasteiger charge is 2.25. The summed E-state index contributed by atoms with van der Waals surface area (Å²) in [4.78, 5) is 11.9. The van der Waals surface area contributed by atoms with Crippen molar-refractivity contribution in [2.24, 2.45) is 0 Å². The number of rotatable bonds is 4. The third-order valence-electron chi connectivity index (χ3n) is 3.23. The molecular weight excluding hydrogens is 297 g/mol. The van der Waals surface area contributed by atoms with E-state index in [0.29, 0.717) is 21.8 Å². The van der Waals surface area contributed by atoms with Crippen LogP contribution in [0.1, 0.15) is 30.0 Å². The monoisotopic (exact) mass is 309 g/mol. The minimum atomic E-state index is -0.128. The molecule has 0 spiro atoms. The third-order valence-corrected chi connectivity index (χ3v) is 3.97. The first-order chi connectivity index (χ1) is 9.61. The van der Waals surface area contributed by atoms with Crippen LogP contribution in [-0.4, -0.2) is 16.1 Å². The quantitative estimate of drug-likeness (QED) is 0.903. The van der Waals surface area contributed by atoms with E-state index in [2.05, 4.69) is 15.5 Å². The van der Waals surface area contributed by atoms with Crippen molar-refractivity contribution in [1.29, 1.82) is 0 Å². The number of carbonyl (C=O) groups excluding carboxylic acids is 1. The molecule has 20 heavy (non-hydrogen) atoms. The highest BCUT2D eigenvalue weighted by molar-refractivity contribution is 6.42. The summed E-state index contributed by atoms with van der Waals surface area (Å²) in [5.74, 6) is 1.03. The SMILES string of the molecule is O=C(Cc1ccc(Cl)c(Cl)c1)Nc1cc(C2CC2)[nH]n1. The van der Waals surface area contributed by atoms with E-state index in [1.165, 1.54) is 12.8 Å². The topological polar surface area (TPSA) is 57.8 Å². The summed E-state index contributed by atoms with van der Waals surface area (Å²) in [6.45, 7) is 0. The number of benzene rings is 1. The molecule has 2 aromatic rings. The molecule has 2 N–H and O–H groups in total. The van der Waals surface area contributed by atoms with Gasteiger partial charge in [-0.05, 0) is 30.5 Å². The number of aromatic amines is 1. The van der Waals surface area contributed by atoms with Gasteiger partial charge in [0.1, 0.15) is 0 Å². The summed E-state index contributed by atoms with van der Waals surface area (Å²) in [6, 6.07) is 7.06. The van der Waals surface area contributed by atoms with Crippen molar-refractivity contribution in [3.05, 3.63) is 45.6 Å². The van der Waals surface area contributed by atoms with Crippen LogP contribution in [0.4, 0.5) is 5.82 Å². The van der Waals surface area contributed by atoms with E-state index in [1.807, 2.05) is 6.07 Å². The predicted octanol–water partition coefficient (Wildman–Crippen LogP) is 3.78. The molecule has 0 bridgehead atoms. The van der Waals surface area contributed by atoms with Gasteiger partial charge in [0.15, 0.2) is 5.82 Å². The van der Waals surface area contributed by atoms with Crippen molar-refractivity contribution < 1.29 is 4.79 Å². The maximum atomic E-state index is 11.9. The van der Waals surface area contributed by atoms with E-state index in [9.17, 15) is 4.79 Å². The molecule has 1 aliphatic rings. The van der Waals surface area contributed by atoms with Gasteiger partial charge in [0.05, 0.1) is 16.5 Å². The lowest BCUT2D eigenvalue weighted by Gasteiger charge is -2.03. The van der Waals surface area contributed by atoms with Crippen LogP contribution in [0.3, 0.4) is 0 Å². The van der Waals surface area contributed by atoms with Gasteiger partial charge in [-0.3, -0.25) is 9.89 Å². The van der Waals surface area contributed by atoms with Gasteiger partial charge in [0.25, 0.3) is 0 Å². The number of amides is 1. The van der Waals surface area contributed by atoms with Crippen molar-refractivity contribution in [1.82, 2.24) is 10.2 Å². The highest BCUT2D eigenvalue weighted by atomic mass is 35.5. The molecule has 1 saturated carbocycles. The first-order valence-electron chi connectivity index (χ1n) is 6.41.